The highest BCUT2D eigenvalue weighted by Crippen LogP contribution is 2.26. The third-order valence-corrected chi connectivity index (χ3v) is 2.55. The van der Waals surface area contributed by atoms with Crippen LogP contribution in [0.2, 0.25) is 5.02 Å². The standard InChI is InChI=1S/C15H19ClFNO3/c1-15(2,3)21-14(20)18-7-5-4-6-10-8-11(16)9-12(17)13(10)19/h4,6,8-9,19H,5,7H2,1-3H3,(H,18,20). The second-order valence-corrected chi connectivity index (χ2v) is 5.88. The van der Waals surface area contributed by atoms with Crippen molar-refractivity contribution in [3.63, 3.8) is 0 Å². The minimum absolute atomic E-state index is 0.205. The number of carbonyl (C=O) groups excluding carboxylic acids is 1. The van der Waals surface area contributed by atoms with E-state index in [0.29, 0.717) is 13.0 Å². The van der Waals surface area contributed by atoms with Gasteiger partial charge in [0, 0.05) is 17.1 Å². The minimum Gasteiger partial charge on any atom is -0.504 e. The van der Waals surface area contributed by atoms with Gasteiger partial charge in [-0.15, -0.1) is 0 Å². The van der Waals surface area contributed by atoms with Crippen LogP contribution in [-0.4, -0.2) is 23.3 Å². The summed E-state index contributed by atoms with van der Waals surface area (Å²) in [5, 5.41) is 12.3. The zero-order valence-electron chi connectivity index (χ0n) is 12.2. The third kappa shape index (κ3) is 6.49. The van der Waals surface area contributed by atoms with E-state index >= 15 is 0 Å². The Bertz CT molecular complexity index is 538. The molecule has 0 aliphatic heterocycles. The first-order valence-corrected chi connectivity index (χ1v) is 6.88. The number of amides is 1. The number of ether oxygens (including phenoxy) is 1. The minimum atomic E-state index is -0.769. The maximum absolute atomic E-state index is 13.2. The summed E-state index contributed by atoms with van der Waals surface area (Å²) in [6, 6.07) is 2.50. The highest BCUT2D eigenvalue weighted by Gasteiger charge is 2.15. The van der Waals surface area contributed by atoms with E-state index in [9.17, 15) is 14.3 Å². The average molecular weight is 316 g/mol. The molecule has 6 heteroatoms. The Labute approximate surface area is 128 Å². The average Bonchev–Trinajstić information content (AvgIpc) is 2.32. The van der Waals surface area contributed by atoms with Crippen molar-refractivity contribution >= 4 is 23.8 Å². The highest BCUT2D eigenvalue weighted by molar-refractivity contribution is 6.30. The number of phenols is 1. The molecule has 0 fully saturated rings. The van der Waals surface area contributed by atoms with E-state index in [0.717, 1.165) is 6.07 Å². The number of benzene rings is 1. The first-order valence-electron chi connectivity index (χ1n) is 6.50. The molecule has 0 radical (unpaired) electrons. The lowest BCUT2D eigenvalue weighted by Gasteiger charge is -2.19. The molecule has 0 aromatic heterocycles. The normalized spacial score (nSPS) is 11.7. The van der Waals surface area contributed by atoms with Crippen molar-refractivity contribution in [2.75, 3.05) is 6.54 Å². The van der Waals surface area contributed by atoms with Crippen LogP contribution < -0.4 is 5.32 Å². The molecular weight excluding hydrogens is 297 g/mol. The van der Waals surface area contributed by atoms with Crippen molar-refractivity contribution in [2.24, 2.45) is 0 Å². The Morgan fingerprint density at radius 2 is 2.14 bits per heavy atom. The molecule has 0 aliphatic carbocycles. The smallest absolute Gasteiger partial charge is 0.407 e. The van der Waals surface area contributed by atoms with Crippen LogP contribution in [0.4, 0.5) is 9.18 Å². The van der Waals surface area contributed by atoms with Crippen LogP contribution in [-0.2, 0) is 4.74 Å². The highest BCUT2D eigenvalue weighted by atomic mass is 35.5. The summed E-state index contributed by atoms with van der Waals surface area (Å²) >= 11 is 5.71. The summed E-state index contributed by atoms with van der Waals surface area (Å²) < 4.78 is 18.3. The van der Waals surface area contributed by atoms with Gasteiger partial charge in [0.1, 0.15) is 5.60 Å². The third-order valence-electron chi connectivity index (χ3n) is 2.33. The first kappa shape index (κ1) is 17.3. The summed E-state index contributed by atoms with van der Waals surface area (Å²) in [5.41, 5.74) is -0.249. The van der Waals surface area contributed by atoms with Crippen molar-refractivity contribution < 1.29 is 19.0 Å². The van der Waals surface area contributed by atoms with Crippen LogP contribution in [0, 0.1) is 5.82 Å². The molecule has 21 heavy (non-hydrogen) atoms. The predicted molar refractivity (Wildman–Crippen MR) is 81.0 cm³/mol. The van der Waals surface area contributed by atoms with Gasteiger partial charge in [-0.2, -0.15) is 0 Å². The van der Waals surface area contributed by atoms with Crippen LogP contribution in [0.1, 0.15) is 32.8 Å². The number of alkyl carbamates (subject to hydrolysis) is 1. The summed E-state index contributed by atoms with van der Waals surface area (Å²) in [6.07, 6.45) is 3.25. The largest absolute Gasteiger partial charge is 0.504 e. The molecule has 0 aliphatic rings. The second kappa shape index (κ2) is 7.31. The number of halogens is 2. The zero-order chi connectivity index (χ0) is 16.0. The molecule has 0 saturated carbocycles. The lowest BCUT2D eigenvalue weighted by molar-refractivity contribution is 0.0529. The number of phenolic OH excluding ortho intramolecular Hbond substituents is 1. The number of aromatic hydroxyl groups is 1. The quantitative estimate of drug-likeness (QED) is 0.822. The van der Waals surface area contributed by atoms with Crippen molar-refractivity contribution in [3.05, 3.63) is 34.6 Å². The number of hydrogen-bond acceptors (Lipinski definition) is 3. The van der Waals surface area contributed by atoms with E-state index in [4.69, 9.17) is 16.3 Å². The number of nitrogens with one attached hydrogen (secondary N) is 1. The first-order chi connectivity index (χ1) is 9.69. The molecule has 0 atom stereocenters. The molecular formula is C15H19ClFNO3. The molecule has 2 N–H and O–H groups in total. The van der Waals surface area contributed by atoms with Gasteiger partial charge in [-0.3, -0.25) is 0 Å². The maximum Gasteiger partial charge on any atom is 0.407 e. The van der Waals surface area contributed by atoms with E-state index in [1.54, 1.807) is 32.9 Å². The SMILES string of the molecule is CC(C)(C)OC(=O)NCCC=Cc1cc(Cl)cc(F)c1O. The van der Waals surface area contributed by atoms with Gasteiger partial charge in [0.05, 0.1) is 0 Å². The Morgan fingerprint density at radius 1 is 1.48 bits per heavy atom. The summed E-state index contributed by atoms with van der Waals surface area (Å²) in [5.74, 6) is -1.22. The van der Waals surface area contributed by atoms with Gasteiger partial charge in [0.2, 0.25) is 0 Å². The van der Waals surface area contributed by atoms with Gasteiger partial charge >= 0.3 is 6.09 Å². The molecule has 0 saturated heterocycles. The topological polar surface area (TPSA) is 58.6 Å². The van der Waals surface area contributed by atoms with Crippen LogP contribution >= 0.6 is 11.6 Å². The second-order valence-electron chi connectivity index (χ2n) is 5.45. The van der Waals surface area contributed by atoms with Gasteiger partial charge in [0.25, 0.3) is 0 Å². The Kier molecular flexibility index (Phi) is 6.03. The van der Waals surface area contributed by atoms with Gasteiger partial charge in [-0.25, -0.2) is 9.18 Å². The molecule has 1 aromatic carbocycles. The Hall–Kier alpha value is -1.75. The van der Waals surface area contributed by atoms with Crippen LogP contribution in [0.15, 0.2) is 18.2 Å². The maximum atomic E-state index is 13.2. The molecule has 4 nitrogen and oxygen atoms in total. The van der Waals surface area contributed by atoms with Crippen LogP contribution in [0.5, 0.6) is 5.75 Å². The van der Waals surface area contributed by atoms with Gasteiger partial charge in [0.15, 0.2) is 11.6 Å². The van der Waals surface area contributed by atoms with E-state index in [2.05, 4.69) is 5.32 Å². The zero-order valence-corrected chi connectivity index (χ0v) is 13.0. The van der Waals surface area contributed by atoms with Crippen LogP contribution in [0.3, 0.4) is 0 Å². The molecule has 1 aromatic rings. The van der Waals surface area contributed by atoms with E-state index in [1.165, 1.54) is 6.07 Å². The molecule has 0 heterocycles. The van der Waals surface area contributed by atoms with Crippen molar-refractivity contribution in [1.82, 2.24) is 5.32 Å². The van der Waals surface area contributed by atoms with Gasteiger partial charge in [-0.1, -0.05) is 23.8 Å². The van der Waals surface area contributed by atoms with E-state index in [-0.39, 0.29) is 10.6 Å². The Balaban J connectivity index is 2.45. The van der Waals surface area contributed by atoms with Crippen molar-refractivity contribution in [2.45, 2.75) is 32.8 Å². The number of hydrogen-bond donors (Lipinski definition) is 2. The predicted octanol–water partition coefficient (Wildman–Crippen LogP) is 4.11. The van der Waals surface area contributed by atoms with Gasteiger partial charge in [-0.05, 0) is 39.3 Å². The van der Waals surface area contributed by atoms with E-state index in [1.807, 2.05) is 0 Å². The monoisotopic (exact) mass is 315 g/mol. The van der Waals surface area contributed by atoms with Crippen LogP contribution in [0.25, 0.3) is 6.08 Å². The molecule has 1 amide bonds. The fourth-order valence-electron chi connectivity index (χ4n) is 1.49. The number of carbonyl (C=O) groups is 1. The molecule has 116 valence electrons. The number of rotatable bonds is 4. The molecule has 0 bridgehead atoms. The summed E-state index contributed by atoms with van der Waals surface area (Å²) in [6.45, 7) is 5.71. The summed E-state index contributed by atoms with van der Waals surface area (Å²) in [4.78, 5) is 11.4. The lowest BCUT2D eigenvalue weighted by Crippen LogP contribution is -2.32. The molecule has 1 rings (SSSR count). The molecule has 0 unspecified atom stereocenters. The van der Waals surface area contributed by atoms with Gasteiger partial charge < -0.3 is 15.2 Å². The fourth-order valence-corrected chi connectivity index (χ4v) is 1.71. The van der Waals surface area contributed by atoms with Crippen molar-refractivity contribution in [3.8, 4) is 5.75 Å². The molecule has 0 spiro atoms. The lowest BCUT2D eigenvalue weighted by atomic mass is 10.1. The Morgan fingerprint density at radius 3 is 2.76 bits per heavy atom. The van der Waals surface area contributed by atoms with Crippen molar-refractivity contribution in [1.29, 1.82) is 0 Å². The fraction of sp³-hybridized carbons (Fsp3) is 0.400. The van der Waals surface area contributed by atoms with E-state index < -0.39 is 23.3 Å². The summed E-state index contributed by atoms with van der Waals surface area (Å²) in [7, 11) is 0.